The summed E-state index contributed by atoms with van der Waals surface area (Å²) in [6.07, 6.45) is 0. The van der Waals surface area contributed by atoms with Crippen molar-refractivity contribution in [2.75, 3.05) is 12.8 Å². The fraction of sp³-hybridized carbons (Fsp3) is 0.0833. The molecule has 1 amide bonds. The number of nitrogens with two attached hydrogens (primary N) is 2. The number of nitrogen functional groups attached to an aromatic ring is 1. The van der Waals surface area contributed by atoms with Crippen LogP contribution in [0.25, 0.3) is 5.69 Å². The molecule has 0 aliphatic rings. The van der Waals surface area contributed by atoms with Gasteiger partial charge in [-0.15, -0.1) is 0 Å². The molecular formula is C12H10BrFN4O3. The first-order chi connectivity index (χ1) is 9.86. The van der Waals surface area contributed by atoms with Crippen molar-refractivity contribution in [3.05, 3.63) is 39.9 Å². The molecule has 0 atom stereocenters. The van der Waals surface area contributed by atoms with E-state index in [1.54, 1.807) is 0 Å². The molecule has 110 valence electrons. The van der Waals surface area contributed by atoms with E-state index in [2.05, 4.69) is 25.8 Å². The van der Waals surface area contributed by atoms with Gasteiger partial charge in [0.05, 0.1) is 23.0 Å². The molecule has 0 saturated carbocycles. The van der Waals surface area contributed by atoms with Crippen molar-refractivity contribution in [2.24, 2.45) is 5.73 Å². The number of ether oxygens (including phenoxy) is 1. The maximum Gasteiger partial charge on any atom is 0.358 e. The number of benzene rings is 1. The van der Waals surface area contributed by atoms with Crippen LogP contribution in [-0.2, 0) is 4.74 Å². The topological polar surface area (TPSA) is 113 Å². The van der Waals surface area contributed by atoms with Crippen molar-refractivity contribution in [3.63, 3.8) is 0 Å². The summed E-state index contributed by atoms with van der Waals surface area (Å²) in [7, 11) is 1.14. The fourth-order valence-electron chi connectivity index (χ4n) is 1.71. The van der Waals surface area contributed by atoms with Crippen LogP contribution in [0.3, 0.4) is 0 Å². The quantitative estimate of drug-likeness (QED) is 0.803. The molecule has 4 N–H and O–H groups in total. The van der Waals surface area contributed by atoms with Gasteiger partial charge in [0.25, 0.3) is 5.91 Å². The molecular weight excluding hydrogens is 347 g/mol. The second-order valence-corrected chi connectivity index (χ2v) is 4.83. The molecule has 0 bridgehead atoms. The van der Waals surface area contributed by atoms with Crippen LogP contribution in [-0.4, -0.2) is 28.8 Å². The van der Waals surface area contributed by atoms with Gasteiger partial charge >= 0.3 is 5.97 Å². The van der Waals surface area contributed by atoms with E-state index in [-0.39, 0.29) is 27.2 Å². The van der Waals surface area contributed by atoms with Gasteiger partial charge in [-0.2, -0.15) is 5.10 Å². The highest BCUT2D eigenvalue weighted by molar-refractivity contribution is 9.10. The van der Waals surface area contributed by atoms with Crippen molar-refractivity contribution in [1.82, 2.24) is 9.78 Å². The van der Waals surface area contributed by atoms with Gasteiger partial charge in [0.2, 0.25) is 0 Å². The maximum absolute atomic E-state index is 13.6. The molecule has 7 nitrogen and oxygen atoms in total. The summed E-state index contributed by atoms with van der Waals surface area (Å²) in [6, 6.07) is 4.03. The number of carbonyl (C=O) groups is 2. The molecule has 0 unspecified atom stereocenters. The lowest BCUT2D eigenvalue weighted by Gasteiger charge is -2.07. The number of carbonyl (C=O) groups excluding carboxylic acids is 2. The lowest BCUT2D eigenvalue weighted by Crippen LogP contribution is -2.14. The van der Waals surface area contributed by atoms with E-state index in [4.69, 9.17) is 11.5 Å². The predicted octanol–water partition coefficient (Wildman–Crippen LogP) is 1.24. The van der Waals surface area contributed by atoms with Crippen molar-refractivity contribution in [1.29, 1.82) is 0 Å². The summed E-state index contributed by atoms with van der Waals surface area (Å²) in [6.45, 7) is 0. The first-order valence-corrected chi connectivity index (χ1v) is 6.38. The van der Waals surface area contributed by atoms with Crippen LogP contribution in [0.5, 0.6) is 0 Å². The number of esters is 1. The summed E-state index contributed by atoms with van der Waals surface area (Å²) in [4.78, 5) is 23.1. The minimum atomic E-state index is -0.908. The van der Waals surface area contributed by atoms with Crippen LogP contribution in [0.15, 0.2) is 22.7 Å². The van der Waals surface area contributed by atoms with E-state index in [0.717, 1.165) is 17.9 Å². The van der Waals surface area contributed by atoms with Gasteiger partial charge in [-0.05, 0) is 28.1 Å². The van der Waals surface area contributed by atoms with Crippen LogP contribution in [0.4, 0.5) is 10.1 Å². The van der Waals surface area contributed by atoms with Crippen molar-refractivity contribution in [3.8, 4) is 5.69 Å². The van der Waals surface area contributed by atoms with E-state index in [0.29, 0.717) is 0 Å². The van der Waals surface area contributed by atoms with Crippen LogP contribution in [0.2, 0.25) is 0 Å². The number of hydrogen-bond acceptors (Lipinski definition) is 5. The third-order valence-corrected chi connectivity index (χ3v) is 3.33. The highest BCUT2D eigenvalue weighted by Crippen LogP contribution is 2.24. The number of rotatable bonds is 3. The maximum atomic E-state index is 13.6. The van der Waals surface area contributed by atoms with Gasteiger partial charge in [0.15, 0.2) is 11.4 Å². The van der Waals surface area contributed by atoms with E-state index >= 15 is 0 Å². The number of methoxy groups -OCH3 is 1. The molecule has 1 aromatic carbocycles. The van der Waals surface area contributed by atoms with Gasteiger partial charge < -0.3 is 16.2 Å². The zero-order chi connectivity index (χ0) is 15.7. The Labute approximate surface area is 126 Å². The molecule has 0 fully saturated rings. The molecule has 1 aromatic heterocycles. The minimum Gasteiger partial charge on any atom is -0.464 e. The summed E-state index contributed by atoms with van der Waals surface area (Å²) < 4.78 is 19.5. The van der Waals surface area contributed by atoms with E-state index < -0.39 is 17.7 Å². The summed E-state index contributed by atoms with van der Waals surface area (Å²) >= 11 is 3.01. The fourth-order valence-corrected chi connectivity index (χ4v) is 1.96. The van der Waals surface area contributed by atoms with Gasteiger partial charge in [-0.3, -0.25) is 4.79 Å². The van der Waals surface area contributed by atoms with Gasteiger partial charge in [0.1, 0.15) is 5.82 Å². The normalized spacial score (nSPS) is 10.4. The Balaban J connectivity index is 2.72. The molecule has 2 rings (SSSR count). The molecule has 1 heterocycles. The van der Waals surface area contributed by atoms with E-state index in [9.17, 15) is 14.0 Å². The molecule has 0 spiro atoms. The highest BCUT2D eigenvalue weighted by Gasteiger charge is 2.26. The molecule has 2 aromatic rings. The van der Waals surface area contributed by atoms with E-state index in [1.807, 2.05) is 0 Å². The van der Waals surface area contributed by atoms with Crippen LogP contribution in [0.1, 0.15) is 21.0 Å². The number of anilines is 1. The Morgan fingerprint density at radius 2 is 2.10 bits per heavy atom. The van der Waals surface area contributed by atoms with Crippen molar-refractivity contribution < 1.29 is 18.7 Å². The highest BCUT2D eigenvalue weighted by atomic mass is 79.9. The second-order valence-electron chi connectivity index (χ2n) is 3.98. The lowest BCUT2D eigenvalue weighted by molar-refractivity contribution is 0.0591. The number of hydrogen-bond donors (Lipinski definition) is 2. The van der Waals surface area contributed by atoms with Crippen LogP contribution in [0, 0.1) is 5.82 Å². The van der Waals surface area contributed by atoms with Gasteiger partial charge in [-0.25, -0.2) is 13.9 Å². The third kappa shape index (κ3) is 2.59. The summed E-state index contributed by atoms with van der Waals surface area (Å²) in [5, 5.41) is 3.85. The average molecular weight is 357 g/mol. The van der Waals surface area contributed by atoms with Crippen molar-refractivity contribution >= 4 is 33.5 Å². The molecule has 0 aliphatic carbocycles. The molecule has 0 radical (unpaired) electrons. The molecule has 21 heavy (non-hydrogen) atoms. The summed E-state index contributed by atoms with van der Waals surface area (Å²) in [5.74, 6) is -2.30. The van der Waals surface area contributed by atoms with Gasteiger partial charge in [0, 0.05) is 6.07 Å². The standard InChI is InChI=1S/C12H10BrFN4O3/c1-21-12(20)10-8(15)9(11(16)19)17-18(10)5-2-3-6(13)7(14)4-5/h2-4H,15H2,1H3,(H2,16,19). The number of amides is 1. The zero-order valence-electron chi connectivity index (χ0n) is 10.8. The molecule has 0 saturated heterocycles. The molecule has 9 heteroatoms. The van der Waals surface area contributed by atoms with Gasteiger partial charge in [-0.1, -0.05) is 0 Å². The minimum absolute atomic E-state index is 0.190. The van der Waals surface area contributed by atoms with Crippen LogP contribution < -0.4 is 11.5 Å². The lowest BCUT2D eigenvalue weighted by atomic mass is 10.2. The monoisotopic (exact) mass is 356 g/mol. The largest absolute Gasteiger partial charge is 0.464 e. The summed E-state index contributed by atoms with van der Waals surface area (Å²) in [5.41, 5.74) is 10.3. The first kappa shape index (κ1) is 15.0. The number of halogens is 2. The number of nitrogens with zero attached hydrogens (tertiary/aromatic N) is 2. The Morgan fingerprint density at radius 3 is 2.62 bits per heavy atom. The third-order valence-electron chi connectivity index (χ3n) is 2.68. The zero-order valence-corrected chi connectivity index (χ0v) is 12.3. The smallest absolute Gasteiger partial charge is 0.358 e. The Bertz CT molecular complexity index is 744. The Kier molecular flexibility index (Phi) is 3.94. The first-order valence-electron chi connectivity index (χ1n) is 5.58. The Morgan fingerprint density at radius 1 is 1.43 bits per heavy atom. The van der Waals surface area contributed by atoms with Crippen LogP contribution >= 0.6 is 15.9 Å². The molecule has 0 aliphatic heterocycles. The Hall–Kier alpha value is -2.42. The second kappa shape index (κ2) is 5.52. The van der Waals surface area contributed by atoms with E-state index in [1.165, 1.54) is 12.1 Å². The average Bonchev–Trinajstić information content (AvgIpc) is 2.79. The predicted molar refractivity (Wildman–Crippen MR) is 75.5 cm³/mol. The SMILES string of the molecule is COC(=O)c1c(N)c(C(N)=O)nn1-c1ccc(Br)c(F)c1. The van der Waals surface area contributed by atoms with Crippen molar-refractivity contribution in [2.45, 2.75) is 0 Å². The number of aromatic nitrogens is 2. The number of primary amides is 1.